The Morgan fingerprint density at radius 1 is 1.42 bits per heavy atom. The van der Waals surface area contributed by atoms with Crippen molar-refractivity contribution < 1.29 is 17.9 Å². The summed E-state index contributed by atoms with van der Waals surface area (Å²) in [4.78, 5) is 6.94. The number of methoxy groups -OCH3 is 2. The van der Waals surface area contributed by atoms with Crippen LogP contribution in [0.25, 0.3) is 0 Å². The van der Waals surface area contributed by atoms with Crippen molar-refractivity contribution in [1.82, 2.24) is 4.90 Å². The summed E-state index contributed by atoms with van der Waals surface area (Å²) in [6.45, 7) is 4.81. The van der Waals surface area contributed by atoms with E-state index in [9.17, 15) is 8.42 Å². The number of sulfonamides is 1. The topological polar surface area (TPSA) is 94.2 Å². The molecule has 1 atom stereocenters. The molecule has 1 aromatic rings. The average Bonchev–Trinajstić information content (AvgIpc) is 3.02. The summed E-state index contributed by atoms with van der Waals surface area (Å²) in [7, 11) is -0.789. The Kier molecular flexibility index (Phi) is 6.20. The maximum Gasteiger partial charge on any atom is 0.238 e. The van der Waals surface area contributed by atoms with E-state index in [0.717, 1.165) is 19.5 Å². The number of ether oxygens (including phenoxy) is 2. The van der Waals surface area contributed by atoms with E-state index in [1.165, 1.54) is 32.8 Å². The van der Waals surface area contributed by atoms with Gasteiger partial charge < -0.3 is 9.47 Å². The largest absolute Gasteiger partial charge is 0.496 e. The second kappa shape index (κ2) is 7.96. The van der Waals surface area contributed by atoms with E-state index >= 15 is 0 Å². The van der Waals surface area contributed by atoms with Gasteiger partial charge in [-0.25, -0.2) is 18.5 Å². The first-order valence-electron chi connectivity index (χ1n) is 7.94. The summed E-state index contributed by atoms with van der Waals surface area (Å²) >= 11 is 0. The van der Waals surface area contributed by atoms with Gasteiger partial charge in [0, 0.05) is 6.04 Å². The maximum atomic E-state index is 11.6. The minimum absolute atomic E-state index is 0.000832. The molecule has 8 heteroatoms. The maximum absolute atomic E-state index is 11.6. The number of rotatable bonds is 6. The number of nitrogens with two attached hydrogens (primary N) is 1. The molecule has 1 heterocycles. The molecule has 2 N–H and O–H groups in total. The number of likely N-dealkylation sites (tertiary alicyclic amines) is 1. The van der Waals surface area contributed by atoms with Crippen LogP contribution in [0.15, 0.2) is 28.1 Å². The minimum Gasteiger partial charge on any atom is -0.496 e. The van der Waals surface area contributed by atoms with E-state index < -0.39 is 10.0 Å². The molecule has 1 saturated heterocycles. The summed E-state index contributed by atoms with van der Waals surface area (Å²) in [5.41, 5.74) is 0.479. The van der Waals surface area contributed by atoms with E-state index in [1.54, 1.807) is 6.07 Å². The molecule has 0 aliphatic carbocycles. The van der Waals surface area contributed by atoms with Crippen molar-refractivity contribution in [1.29, 1.82) is 0 Å². The van der Waals surface area contributed by atoms with Crippen LogP contribution in [0.4, 0.5) is 0 Å². The minimum atomic E-state index is -3.81. The lowest BCUT2D eigenvalue weighted by Gasteiger charge is -2.21. The lowest BCUT2D eigenvalue weighted by atomic mass is 10.2. The lowest BCUT2D eigenvalue weighted by Crippen LogP contribution is -2.31. The zero-order valence-electron chi connectivity index (χ0n) is 14.4. The van der Waals surface area contributed by atoms with Gasteiger partial charge in [-0.3, -0.25) is 4.90 Å². The van der Waals surface area contributed by atoms with Crippen LogP contribution in [0, 0.1) is 0 Å². The van der Waals surface area contributed by atoms with Crippen LogP contribution < -0.4 is 9.88 Å². The van der Waals surface area contributed by atoms with Gasteiger partial charge in [0.15, 0.2) is 0 Å². The molecule has 0 saturated carbocycles. The predicted octanol–water partition coefficient (Wildman–Crippen LogP) is 1.22. The fourth-order valence-electron chi connectivity index (χ4n) is 3.00. The number of benzene rings is 1. The van der Waals surface area contributed by atoms with Crippen LogP contribution in [-0.4, -0.2) is 59.1 Å². The van der Waals surface area contributed by atoms with Gasteiger partial charge in [-0.2, -0.15) is 0 Å². The quantitative estimate of drug-likeness (QED) is 0.612. The monoisotopic (exact) mass is 355 g/mol. The van der Waals surface area contributed by atoms with E-state index in [0.29, 0.717) is 29.8 Å². The van der Waals surface area contributed by atoms with E-state index in [4.69, 9.17) is 14.6 Å². The third-order valence-corrected chi connectivity index (χ3v) is 5.19. The zero-order chi connectivity index (χ0) is 17.7. The lowest BCUT2D eigenvalue weighted by molar-refractivity contribution is 0.271. The molecular weight excluding hydrogens is 330 g/mol. The highest BCUT2D eigenvalue weighted by atomic mass is 32.2. The van der Waals surface area contributed by atoms with Gasteiger partial charge in [-0.1, -0.05) is 6.92 Å². The Morgan fingerprint density at radius 3 is 2.75 bits per heavy atom. The number of aliphatic imine (C=N–C) groups is 1. The third-order valence-electron chi connectivity index (χ3n) is 4.27. The molecule has 1 fully saturated rings. The summed E-state index contributed by atoms with van der Waals surface area (Å²) < 4.78 is 33.9. The second-order valence-electron chi connectivity index (χ2n) is 5.68. The summed E-state index contributed by atoms with van der Waals surface area (Å²) in [5, 5.41) is 5.21. The highest BCUT2D eigenvalue weighted by molar-refractivity contribution is 7.89. The van der Waals surface area contributed by atoms with Crippen LogP contribution >= 0.6 is 0 Å². The van der Waals surface area contributed by atoms with Crippen LogP contribution in [0.3, 0.4) is 0 Å². The number of primary sulfonamides is 1. The van der Waals surface area contributed by atoms with Gasteiger partial charge in [0.2, 0.25) is 15.9 Å². The van der Waals surface area contributed by atoms with Gasteiger partial charge in [-0.05, 0) is 44.1 Å². The van der Waals surface area contributed by atoms with Crippen molar-refractivity contribution in [2.75, 3.05) is 33.9 Å². The molecule has 1 aliphatic heterocycles. The number of hydrogen-bond donors (Lipinski definition) is 1. The predicted molar refractivity (Wildman–Crippen MR) is 93.0 cm³/mol. The molecule has 1 aliphatic rings. The number of hydrogen-bond acceptors (Lipinski definition) is 6. The molecule has 2 rings (SSSR count). The van der Waals surface area contributed by atoms with Gasteiger partial charge in [0.1, 0.15) is 5.75 Å². The summed E-state index contributed by atoms with van der Waals surface area (Å²) in [6, 6.07) is 4.77. The van der Waals surface area contributed by atoms with Crippen LogP contribution in [0.1, 0.15) is 25.3 Å². The molecule has 0 radical (unpaired) electrons. The molecule has 7 nitrogen and oxygen atoms in total. The van der Waals surface area contributed by atoms with Crippen LogP contribution in [0.2, 0.25) is 0 Å². The average molecular weight is 355 g/mol. The van der Waals surface area contributed by atoms with Crippen molar-refractivity contribution in [2.45, 2.75) is 30.7 Å². The normalized spacial score (nSPS) is 19.5. The van der Waals surface area contributed by atoms with E-state index in [2.05, 4.69) is 16.8 Å². The summed E-state index contributed by atoms with van der Waals surface area (Å²) in [5.74, 6) is 0.835. The summed E-state index contributed by atoms with van der Waals surface area (Å²) in [6.07, 6.45) is 2.27. The molecule has 1 unspecified atom stereocenters. The Hall–Kier alpha value is -1.64. The first kappa shape index (κ1) is 18.7. The van der Waals surface area contributed by atoms with Crippen molar-refractivity contribution in [3.8, 4) is 5.75 Å². The third kappa shape index (κ3) is 4.25. The Labute approximate surface area is 143 Å². The van der Waals surface area contributed by atoms with Crippen molar-refractivity contribution >= 4 is 15.9 Å². The Balaban J connectivity index is 2.33. The van der Waals surface area contributed by atoms with Crippen LogP contribution in [-0.2, 0) is 14.8 Å². The Morgan fingerprint density at radius 2 is 2.17 bits per heavy atom. The number of nitrogens with zero attached hydrogens (tertiary/aromatic N) is 2. The van der Waals surface area contributed by atoms with Gasteiger partial charge in [0.25, 0.3) is 0 Å². The van der Waals surface area contributed by atoms with Gasteiger partial charge in [-0.15, -0.1) is 0 Å². The SMILES string of the molecule is CCN1CCCC1CN=C(OC)c1cc(S(N)(=O)=O)ccc1OC. The van der Waals surface area contributed by atoms with Crippen LogP contribution in [0.5, 0.6) is 5.75 Å². The molecule has 24 heavy (non-hydrogen) atoms. The van der Waals surface area contributed by atoms with E-state index in [-0.39, 0.29) is 4.90 Å². The van der Waals surface area contributed by atoms with Crippen molar-refractivity contribution in [3.63, 3.8) is 0 Å². The standard InChI is InChI=1S/C16H25N3O4S/c1-4-19-9-5-6-12(19)11-18-16(23-3)14-10-13(24(17,20)21)7-8-15(14)22-2/h7-8,10,12H,4-6,9,11H2,1-3H3,(H2,17,20,21). The van der Waals surface area contributed by atoms with Crippen molar-refractivity contribution in [2.24, 2.45) is 10.1 Å². The fourth-order valence-corrected chi connectivity index (χ4v) is 3.54. The van der Waals surface area contributed by atoms with Gasteiger partial charge >= 0.3 is 0 Å². The van der Waals surface area contributed by atoms with Gasteiger partial charge in [0.05, 0.1) is 31.2 Å². The first-order valence-corrected chi connectivity index (χ1v) is 9.49. The first-order chi connectivity index (χ1) is 11.4. The smallest absolute Gasteiger partial charge is 0.238 e. The molecule has 0 aromatic heterocycles. The highest BCUT2D eigenvalue weighted by Crippen LogP contribution is 2.24. The molecule has 0 spiro atoms. The molecule has 0 amide bonds. The van der Waals surface area contributed by atoms with Crippen molar-refractivity contribution in [3.05, 3.63) is 23.8 Å². The highest BCUT2D eigenvalue weighted by Gasteiger charge is 2.23. The zero-order valence-corrected chi connectivity index (χ0v) is 15.2. The molecule has 134 valence electrons. The van der Waals surface area contributed by atoms with E-state index in [1.807, 2.05) is 0 Å². The molecule has 1 aromatic carbocycles. The second-order valence-corrected chi connectivity index (χ2v) is 7.24. The Bertz CT molecular complexity index is 703. The molecular formula is C16H25N3O4S. The fraction of sp³-hybridized carbons (Fsp3) is 0.562. The molecule has 0 bridgehead atoms. The number of likely N-dealkylation sites (N-methyl/N-ethyl adjacent to an activating group) is 1.